The summed E-state index contributed by atoms with van der Waals surface area (Å²) < 4.78 is 0. The van der Waals surface area contributed by atoms with Crippen molar-refractivity contribution in [2.45, 2.75) is 64.7 Å². The topological polar surface area (TPSA) is 37.3 Å². The summed E-state index contributed by atoms with van der Waals surface area (Å²) in [6, 6.07) is 0. The molecule has 0 amide bonds. The fourth-order valence-corrected chi connectivity index (χ4v) is 2.27. The highest BCUT2D eigenvalue weighted by Crippen LogP contribution is 2.15. The minimum atomic E-state index is -0.625. The molecule has 0 spiro atoms. The van der Waals surface area contributed by atoms with Crippen LogP contribution in [-0.2, 0) is 4.79 Å². The van der Waals surface area contributed by atoms with E-state index in [4.69, 9.17) is 5.11 Å². The number of alkyl halides is 1. The summed E-state index contributed by atoms with van der Waals surface area (Å²) in [6.07, 6.45) is 10.4. The van der Waals surface area contributed by atoms with Crippen LogP contribution in [0.3, 0.4) is 0 Å². The van der Waals surface area contributed by atoms with Crippen LogP contribution in [-0.4, -0.2) is 16.4 Å². The molecule has 2 nitrogen and oxygen atoms in total. The maximum Gasteiger partial charge on any atom is 0.306 e. The minimum absolute atomic E-state index is 0.117. The second-order valence-corrected chi connectivity index (χ2v) is 5.19. The zero-order valence-electron chi connectivity index (χ0n) is 10.4. The van der Waals surface area contributed by atoms with Crippen LogP contribution in [0.5, 0.6) is 0 Å². The third-order valence-corrected chi connectivity index (χ3v) is 3.59. The van der Waals surface area contributed by atoms with E-state index in [1.807, 2.05) is 6.92 Å². The molecule has 0 saturated carbocycles. The molecule has 0 aromatic carbocycles. The Morgan fingerprint density at radius 2 is 1.56 bits per heavy atom. The van der Waals surface area contributed by atoms with Gasteiger partial charge in [-0.05, 0) is 19.3 Å². The Morgan fingerprint density at radius 3 is 2.00 bits per heavy atom. The van der Waals surface area contributed by atoms with Gasteiger partial charge in [0.15, 0.2) is 0 Å². The largest absolute Gasteiger partial charge is 0.481 e. The Hall–Kier alpha value is -0.0500. The lowest BCUT2D eigenvalue weighted by Gasteiger charge is -2.08. The Bertz CT molecular complexity index is 171. The summed E-state index contributed by atoms with van der Waals surface area (Å²) in [5, 5.41) is 9.98. The van der Waals surface area contributed by atoms with E-state index in [-0.39, 0.29) is 5.92 Å². The van der Waals surface area contributed by atoms with E-state index >= 15 is 0 Å². The highest BCUT2D eigenvalue weighted by atomic mass is 79.9. The van der Waals surface area contributed by atoms with Gasteiger partial charge in [-0.2, -0.15) is 0 Å². The third-order valence-electron chi connectivity index (χ3n) is 3.03. The van der Waals surface area contributed by atoms with Crippen molar-refractivity contribution in [3.8, 4) is 0 Å². The zero-order chi connectivity index (χ0) is 12.2. The molecule has 0 rings (SSSR count). The highest BCUT2D eigenvalue weighted by molar-refractivity contribution is 9.09. The number of carboxylic acids is 1. The van der Waals surface area contributed by atoms with E-state index in [1.54, 1.807) is 0 Å². The average Bonchev–Trinajstić information content (AvgIpc) is 2.26. The third kappa shape index (κ3) is 9.20. The highest BCUT2D eigenvalue weighted by Gasteiger charge is 2.13. The van der Waals surface area contributed by atoms with Gasteiger partial charge in [0.05, 0.1) is 5.92 Å². The lowest BCUT2D eigenvalue weighted by molar-refractivity contribution is -0.142. The SMILES string of the molecule is CCC(CCCCCCCCCBr)C(=O)O. The van der Waals surface area contributed by atoms with Crippen molar-refractivity contribution in [3.05, 3.63) is 0 Å². The first-order valence-corrected chi connectivity index (χ1v) is 7.63. The van der Waals surface area contributed by atoms with Crippen LogP contribution < -0.4 is 0 Å². The number of carbonyl (C=O) groups is 1. The maximum absolute atomic E-state index is 10.8. The van der Waals surface area contributed by atoms with E-state index in [0.717, 1.165) is 24.6 Å². The number of aliphatic carboxylic acids is 1. The standard InChI is InChI=1S/C13H25BrO2/c1-2-12(13(15)16)10-8-6-4-3-5-7-9-11-14/h12H,2-11H2,1H3,(H,15,16). The molecule has 1 unspecified atom stereocenters. The van der Waals surface area contributed by atoms with Crippen LogP contribution in [0.15, 0.2) is 0 Å². The first-order valence-electron chi connectivity index (χ1n) is 6.51. The van der Waals surface area contributed by atoms with Crippen LogP contribution in [0.1, 0.15) is 64.7 Å². The van der Waals surface area contributed by atoms with Crippen LogP contribution in [0, 0.1) is 5.92 Å². The number of hydrogen-bond donors (Lipinski definition) is 1. The summed E-state index contributed by atoms with van der Waals surface area (Å²) in [5.41, 5.74) is 0. The molecule has 16 heavy (non-hydrogen) atoms. The van der Waals surface area contributed by atoms with Gasteiger partial charge in [-0.15, -0.1) is 0 Å². The van der Waals surface area contributed by atoms with Gasteiger partial charge < -0.3 is 5.11 Å². The van der Waals surface area contributed by atoms with E-state index in [0.29, 0.717) is 0 Å². The predicted octanol–water partition coefficient (Wildman–Crippen LogP) is 4.61. The van der Waals surface area contributed by atoms with Gasteiger partial charge in [-0.3, -0.25) is 4.79 Å². The van der Waals surface area contributed by atoms with Gasteiger partial charge in [-0.1, -0.05) is 61.4 Å². The number of halogens is 1. The van der Waals surface area contributed by atoms with E-state index in [2.05, 4.69) is 15.9 Å². The number of rotatable bonds is 11. The van der Waals surface area contributed by atoms with Crippen molar-refractivity contribution < 1.29 is 9.90 Å². The Labute approximate surface area is 108 Å². The monoisotopic (exact) mass is 292 g/mol. The molecule has 3 heteroatoms. The second kappa shape index (κ2) is 11.4. The summed E-state index contributed by atoms with van der Waals surface area (Å²) >= 11 is 3.43. The molecule has 0 aliphatic rings. The van der Waals surface area contributed by atoms with Crippen molar-refractivity contribution in [1.29, 1.82) is 0 Å². The van der Waals surface area contributed by atoms with Crippen molar-refractivity contribution in [1.82, 2.24) is 0 Å². The van der Waals surface area contributed by atoms with Gasteiger partial charge in [-0.25, -0.2) is 0 Å². The van der Waals surface area contributed by atoms with Crippen LogP contribution in [0.2, 0.25) is 0 Å². The lowest BCUT2D eigenvalue weighted by Crippen LogP contribution is -2.12. The molecule has 0 heterocycles. The quantitative estimate of drug-likeness (QED) is 0.446. The number of carboxylic acid groups (broad SMARTS) is 1. The van der Waals surface area contributed by atoms with E-state index < -0.39 is 5.97 Å². The van der Waals surface area contributed by atoms with Gasteiger partial charge >= 0.3 is 5.97 Å². The molecular weight excluding hydrogens is 268 g/mol. The Kier molecular flexibility index (Phi) is 11.4. The minimum Gasteiger partial charge on any atom is -0.481 e. The molecular formula is C13H25BrO2. The van der Waals surface area contributed by atoms with Gasteiger partial charge in [0.2, 0.25) is 0 Å². The van der Waals surface area contributed by atoms with Gasteiger partial charge in [0.25, 0.3) is 0 Å². The average molecular weight is 293 g/mol. The summed E-state index contributed by atoms with van der Waals surface area (Å²) in [4.78, 5) is 10.8. The fourth-order valence-electron chi connectivity index (χ4n) is 1.87. The van der Waals surface area contributed by atoms with Gasteiger partial charge in [0.1, 0.15) is 0 Å². The van der Waals surface area contributed by atoms with Crippen molar-refractivity contribution in [2.24, 2.45) is 5.92 Å². The van der Waals surface area contributed by atoms with E-state index in [1.165, 1.54) is 38.5 Å². The smallest absolute Gasteiger partial charge is 0.306 e. The molecule has 0 aromatic heterocycles. The van der Waals surface area contributed by atoms with Crippen LogP contribution >= 0.6 is 15.9 Å². The maximum atomic E-state index is 10.8. The molecule has 0 aromatic rings. The molecule has 96 valence electrons. The van der Waals surface area contributed by atoms with Crippen LogP contribution in [0.25, 0.3) is 0 Å². The van der Waals surface area contributed by atoms with Crippen molar-refractivity contribution >= 4 is 21.9 Å². The first-order chi connectivity index (χ1) is 7.72. The molecule has 0 aliphatic heterocycles. The number of unbranched alkanes of at least 4 members (excludes halogenated alkanes) is 6. The van der Waals surface area contributed by atoms with Crippen LogP contribution in [0.4, 0.5) is 0 Å². The molecule has 0 saturated heterocycles. The molecule has 0 bridgehead atoms. The molecule has 0 aliphatic carbocycles. The fraction of sp³-hybridized carbons (Fsp3) is 0.923. The van der Waals surface area contributed by atoms with Crippen molar-refractivity contribution in [3.63, 3.8) is 0 Å². The zero-order valence-corrected chi connectivity index (χ0v) is 12.0. The van der Waals surface area contributed by atoms with E-state index in [9.17, 15) is 4.79 Å². The summed E-state index contributed by atoms with van der Waals surface area (Å²) in [5.74, 6) is -0.742. The summed E-state index contributed by atoms with van der Waals surface area (Å²) in [6.45, 7) is 1.96. The Balaban J connectivity index is 3.22. The Morgan fingerprint density at radius 1 is 1.06 bits per heavy atom. The second-order valence-electron chi connectivity index (χ2n) is 4.40. The molecule has 1 atom stereocenters. The molecule has 0 radical (unpaired) electrons. The predicted molar refractivity (Wildman–Crippen MR) is 72.1 cm³/mol. The molecule has 0 fully saturated rings. The normalized spacial score (nSPS) is 12.6. The van der Waals surface area contributed by atoms with Gasteiger partial charge in [0, 0.05) is 5.33 Å². The molecule has 1 N–H and O–H groups in total. The number of hydrogen-bond acceptors (Lipinski definition) is 1. The lowest BCUT2D eigenvalue weighted by atomic mass is 9.98. The summed E-state index contributed by atoms with van der Waals surface area (Å²) in [7, 11) is 0. The first kappa shape index (κ1) is 16.0. The van der Waals surface area contributed by atoms with Crippen molar-refractivity contribution in [2.75, 3.05) is 5.33 Å².